The van der Waals surface area contributed by atoms with E-state index in [1.54, 1.807) is 35.0 Å². The quantitative estimate of drug-likeness (QED) is 0.493. The number of benzene rings is 1. The Kier molecular flexibility index (Phi) is 7.04. The summed E-state index contributed by atoms with van der Waals surface area (Å²) in [4.78, 5) is 43.2. The second-order valence-corrected chi connectivity index (χ2v) is 12.4. The lowest BCUT2D eigenvalue weighted by Gasteiger charge is -2.55. The lowest BCUT2D eigenvalue weighted by Crippen LogP contribution is -2.69. The SMILES string of the molecule is CN1C(=O)c2c(O)c(=O)c(-c3nnc(Cc4ccc(F)cc4)s3)cn2N(C)C12CCC(CC(=O)N1CCCC1)CC2. The van der Waals surface area contributed by atoms with E-state index in [1.165, 1.54) is 23.5 Å². The van der Waals surface area contributed by atoms with Gasteiger partial charge in [-0.1, -0.05) is 23.5 Å². The van der Waals surface area contributed by atoms with Crippen molar-refractivity contribution < 1.29 is 19.1 Å². The Hall–Kier alpha value is -3.80. The van der Waals surface area contributed by atoms with Crippen molar-refractivity contribution in [2.75, 3.05) is 32.2 Å². The van der Waals surface area contributed by atoms with E-state index in [1.807, 2.05) is 17.0 Å². The van der Waals surface area contributed by atoms with Crippen LogP contribution in [0.3, 0.4) is 0 Å². The highest BCUT2D eigenvalue weighted by Gasteiger charge is 2.50. The van der Waals surface area contributed by atoms with Crippen molar-refractivity contribution in [3.8, 4) is 16.3 Å². The number of nitrogens with zero attached hydrogens (tertiary/aromatic N) is 6. The van der Waals surface area contributed by atoms with Gasteiger partial charge in [0.25, 0.3) is 5.91 Å². The number of amides is 2. The van der Waals surface area contributed by atoms with Crippen LogP contribution in [0.5, 0.6) is 5.75 Å². The Balaban J connectivity index is 1.26. The second-order valence-electron chi connectivity index (χ2n) is 11.3. The second kappa shape index (κ2) is 10.6. The smallest absolute Gasteiger partial charge is 0.278 e. The maximum atomic E-state index is 13.6. The standard InChI is InChI=1S/C29H33FN6O4S/c1-33-28(40)24-26(39)25(38)21(27-32-31-22(41-27)15-18-5-7-20(30)8-6-18)17-36(24)34(2)29(33)11-9-19(10-12-29)16-23(37)35-13-3-4-14-35/h5-8,17,19,39H,3-4,9-16H2,1-2H3. The van der Waals surface area contributed by atoms with E-state index in [-0.39, 0.29) is 28.9 Å². The van der Waals surface area contributed by atoms with Crippen LogP contribution in [0.2, 0.25) is 0 Å². The number of fused-ring (bicyclic) bond motifs is 1. The Labute approximate surface area is 241 Å². The molecule has 1 saturated heterocycles. The molecule has 4 heterocycles. The molecule has 216 valence electrons. The number of hydrogen-bond acceptors (Lipinski definition) is 8. The van der Waals surface area contributed by atoms with E-state index < -0.39 is 22.7 Å². The van der Waals surface area contributed by atoms with Crippen LogP contribution in [0.25, 0.3) is 10.6 Å². The van der Waals surface area contributed by atoms with E-state index in [0.29, 0.717) is 35.7 Å². The highest BCUT2D eigenvalue weighted by Crippen LogP contribution is 2.42. The number of pyridine rings is 1. The fraction of sp³-hybridized carbons (Fsp3) is 0.483. The van der Waals surface area contributed by atoms with E-state index in [0.717, 1.165) is 44.3 Å². The number of carbonyl (C=O) groups excluding carboxylic acids is 2. The first kappa shape index (κ1) is 27.4. The average Bonchev–Trinajstić information content (AvgIpc) is 3.67. The predicted octanol–water partition coefficient (Wildman–Crippen LogP) is 3.35. The van der Waals surface area contributed by atoms with Crippen LogP contribution < -0.4 is 10.4 Å². The van der Waals surface area contributed by atoms with Gasteiger partial charge in [0, 0.05) is 46.2 Å². The van der Waals surface area contributed by atoms with Crippen molar-refractivity contribution in [3.05, 3.63) is 62.8 Å². The molecule has 1 aliphatic carbocycles. The lowest BCUT2D eigenvalue weighted by molar-refractivity contribution is -0.131. The Morgan fingerprint density at radius 2 is 1.78 bits per heavy atom. The number of aromatic hydroxyl groups is 1. The molecule has 1 N–H and O–H groups in total. The van der Waals surface area contributed by atoms with Gasteiger partial charge < -0.3 is 14.9 Å². The first-order chi connectivity index (χ1) is 19.7. The largest absolute Gasteiger partial charge is 0.502 e. The average molecular weight is 581 g/mol. The predicted molar refractivity (Wildman–Crippen MR) is 152 cm³/mol. The summed E-state index contributed by atoms with van der Waals surface area (Å²) in [6.07, 6.45) is 7.55. The Bertz CT molecular complexity index is 1540. The molecule has 2 aromatic heterocycles. The fourth-order valence-electron chi connectivity index (χ4n) is 6.50. The van der Waals surface area contributed by atoms with Crippen LogP contribution >= 0.6 is 11.3 Å². The first-order valence-corrected chi connectivity index (χ1v) is 14.9. The van der Waals surface area contributed by atoms with Crippen molar-refractivity contribution in [3.63, 3.8) is 0 Å². The van der Waals surface area contributed by atoms with Gasteiger partial charge in [-0.05, 0) is 62.1 Å². The van der Waals surface area contributed by atoms with Gasteiger partial charge in [-0.15, -0.1) is 10.2 Å². The molecular formula is C29H33FN6O4S. The molecule has 3 aliphatic rings. The summed E-state index contributed by atoms with van der Waals surface area (Å²) in [5, 5.41) is 22.3. The number of aromatic nitrogens is 3. The van der Waals surface area contributed by atoms with Gasteiger partial charge in [-0.3, -0.25) is 24.1 Å². The van der Waals surface area contributed by atoms with Crippen molar-refractivity contribution in [2.24, 2.45) is 5.92 Å². The maximum absolute atomic E-state index is 13.6. The lowest BCUT2D eigenvalue weighted by atomic mass is 9.78. The van der Waals surface area contributed by atoms with E-state index in [2.05, 4.69) is 10.2 Å². The summed E-state index contributed by atoms with van der Waals surface area (Å²) in [5.41, 5.74) is -0.427. The van der Waals surface area contributed by atoms with Gasteiger partial charge in [-0.25, -0.2) is 4.39 Å². The van der Waals surface area contributed by atoms with Gasteiger partial charge in [0.2, 0.25) is 11.3 Å². The van der Waals surface area contributed by atoms with Crippen molar-refractivity contribution in [1.29, 1.82) is 0 Å². The number of rotatable bonds is 5. The molecule has 6 rings (SSSR count). The highest BCUT2D eigenvalue weighted by atomic mass is 32.1. The molecule has 0 unspecified atom stereocenters. The summed E-state index contributed by atoms with van der Waals surface area (Å²) in [6.45, 7) is 1.69. The molecule has 2 fully saturated rings. The fourth-order valence-corrected chi connectivity index (χ4v) is 7.38. The van der Waals surface area contributed by atoms with Crippen LogP contribution in [0.4, 0.5) is 4.39 Å². The summed E-state index contributed by atoms with van der Waals surface area (Å²) in [7, 11) is 3.57. The Morgan fingerprint density at radius 1 is 1.10 bits per heavy atom. The van der Waals surface area contributed by atoms with E-state index in [4.69, 9.17) is 0 Å². The van der Waals surface area contributed by atoms with Gasteiger partial charge in [-0.2, -0.15) is 0 Å². The molecule has 0 bridgehead atoms. The van der Waals surface area contributed by atoms with Crippen LogP contribution in [0.15, 0.2) is 35.3 Å². The van der Waals surface area contributed by atoms with Gasteiger partial charge in [0.1, 0.15) is 16.5 Å². The third-order valence-electron chi connectivity index (χ3n) is 9.02. The summed E-state index contributed by atoms with van der Waals surface area (Å²) < 4.78 is 14.9. The van der Waals surface area contributed by atoms with E-state index in [9.17, 15) is 23.9 Å². The zero-order valence-electron chi connectivity index (χ0n) is 23.2. The minimum Gasteiger partial charge on any atom is -0.502 e. The number of likely N-dealkylation sites (tertiary alicyclic amines) is 1. The number of carbonyl (C=O) groups is 2. The van der Waals surface area contributed by atoms with Crippen LogP contribution in [0, 0.1) is 11.7 Å². The molecular weight excluding hydrogens is 547 g/mol. The monoisotopic (exact) mass is 580 g/mol. The van der Waals surface area contributed by atoms with Gasteiger partial charge >= 0.3 is 0 Å². The van der Waals surface area contributed by atoms with Crippen molar-refractivity contribution in [1.82, 2.24) is 24.7 Å². The van der Waals surface area contributed by atoms with Crippen LogP contribution in [-0.4, -0.2) is 74.4 Å². The molecule has 0 atom stereocenters. The Morgan fingerprint density at radius 3 is 2.46 bits per heavy atom. The van der Waals surface area contributed by atoms with Crippen LogP contribution in [0.1, 0.15) is 66.0 Å². The molecule has 0 radical (unpaired) electrons. The summed E-state index contributed by atoms with van der Waals surface area (Å²) in [6, 6.07) is 6.10. The number of hydrogen-bond donors (Lipinski definition) is 1. The molecule has 1 saturated carbocycles. The minimum atomic E-state index is -0.684. The third-order valence-corrected chi connectivity index (χ3v) is 9.97. The molecule has 1 spiro atoms. The molecule has 2 aliphatic heterocycles. The summed E-state index contributed by atoms with van der Waals surface area (Å²) in [5.74, 6) is -0.898. The molecule has 2 amide bonds. The first-order valence-electron chi connectivity index (χ1n) is 14.0. The maximum Gasteiger partial charge on any atom is 0.278 e. The normalized spacial score (nSPS) is 22.5. The zero-order valence-corrected chi connectivity index (χ0v) is 24.0. The van der Waals surface area contributed by atoms with Crippen molar-refractivity contribution >= 4 is 23.2 Å². The summed E-state index contributed by atoms with van der Waals surface area (Å²) >= 11 is 1.21. The van der Waals surface area contributed by atoms with Crippen molar-refractivity contribution in [2.45, 2.75) is 57.0 Å². The molecule has 41 heavy (non-hydrogen) atoms. The molecule has 12 heteroatoms. The van der Waals surface area contributed by atoms with Gasteiger partial charge in [0.15, 0.2) is 16.5 Å². The topological polar surface area (TPSA) is 112 Å². The van der Waals surface area contributed by atoms with Gasteiger partial charge in [0.05, 0.1) is 5.56 Å². The molecule has 1 aromatic carbocycles. The molecule has 3 aromatic rings. The highest BCUT2D eigenvalue weighted by molar-refractivity contribution is 7.14. The van der Waals surface area contributed by atoms with E-state index >= 15 is 0 Å². The minimum absolute atomic E-state index is 0.0863. The van der Waals surface area contributed by atoms with Crippen LogP contribution in [-0.2, 0) is 11.2 Å². The number of halogens is 1. The molecule has 10 nitrogen and oxygen atoms in total. The third kappa shape index (κ3) is 4.77. The zero-order chi connectivity index (χ0) is 28.9.